The summed E-state index contributed by atoms with van der Waals surface area (Å²) >= 11 is 0. The van der Waals surface area contributed by atoms with Crippen LogP contribution in [0.1, 0.15) is 29.8 Å². The summed E-state index contributed by atoms with van der Waals surface area (Å²) in [7, 11) is 1.39. The molecule has 0 bridgehead atoms. The van der Waals surface area contributed by atoms with Crippen molar-refractivity contribution in [3.8, 4) is 0 Å². The monoisotopic (exact) mass is 342 g/mol. The molecule has 3 amide bonds. The Morgan fingerprint density at radius 3 is 2.56 bits per heavy atom. The summed E-state index contributed by atoms with van der Waals surface area (Å²) in [6, 6.07) is 11.5. The maximum absolute atomic E-state index is 12.4. The average Bonchev–Trinajstić information content (AvgIpc) is 3.25. The normalized spacial score (nSPS) is 19.6. The molecular formula is C18H18N2O5. The van der Waals surface area contributed by atoms with E-state index in [9.17, 15) is 14.4 Å². The number of hydrogen-bond donors (Lipinski definition) is 2. The molecule has 25 heavy (non-hydrogen) atoms. The molecule has 1 aliphatic carbocycles. The van der Waals surface area contributed by atoms with Crippen molar-refractivity contribution in [2.24, 2.45) is 5.92 Å². The van der Waals surface area contributed by atoms with Crippen LogP contribution in [0.2, 0.25) is 0 Å². The van der Waals surface area contributed by atoms with Crippen LogP contribution in [0.5, 0.6) is 0 Å². The van der Waals surface area contributed by atoms with Gasteiger partial charge in [-0.2, -0.15) is 0 Å². The van der Waals surface area contributed by atoms with Crippen molar-refractivity contribution in [1.29, 1.82) is 0 Å². The first kappa shape index (κ1) is 16.8. The fourth-order valence-electron chi connectivity index (χ4n) is 2.62. The van der Waals surface area contributed by atoms with E-state index in [4.69, 9.17) is 9.15 Å². The number of hydrogen-bond acceptors (Lipinski definition) is 5. The number of amides is 3. The van der Waals surface area contributed by atoms with Gasteiger partial charge in [-0.25, -0.2) is 4.79 Å². The van der Waals surface area contributed by atoms with Crippen molar-refractivity contribution in [2.45, 2.75) is 18.4 Å². The highest BCUT2D eigenvalue weighted by atomic mass is 16.5. The Kier molecular flexibility index (Phi) is 4.83. The molecule has 7 heteroatoms. The molecule has 0 unspecified atom stereocenters. The molecular weight excluding hydrogens is 324 g/mol. The van der Waals surface area contributed by atoms with Gasteiger partial charge in [0.15, 0.2) is 0 Å². The van der Waals surface area contributed by atoms with Crippen LogP contribution >= 0.6 is 0 Å². The van der Waals surface area contributed by atoms with Crippen LogP contribution in [0, 0.1) is 5.92 Å². The molecule has 3 rings (SSSR count). The molecule has 2 N–H and O–H groups in total. The molecule has 1 aromatic heterocycles. The smallest absolute Gasteiger partial charge is 0.321 e. The molecule has 0 spiro atoms. The quantitative estimate of drug-likeness (QED) is 0.811. The summed E-state index contributed by atoms with van der Waals surface area (Å²) < 4.78 is 10.7. The first-order valence-corrected chi connectivity index (χ1v) is 7.91. The minimum atomic E-state index is -1.19. The van der Waals surface area contributed by atoms with Crippen LogP contribution in [0.4, 0.5) is 4.79 Å². The highest BCUT2D eigenvalue weighted by Crippen LogP contribution is 2.48. The van der Waals surface area contributed by atoms with E-state index in [2.05, 4.69) is 10.6 Å². The van der Waals surface area contributed by atoms with Gasteiger partial charge in [-0.1, -0.05) is 30.3 Å². The van der Waals surface area contributed by atoms with E-state index in [1.54, 1.807) is 42.7 Å². The van der Waals surface area contributed by atoms with Crippen LogP contribution in [-0.2, 0) is 14.3 Å². The number of benzene rings is 1. The van der Waals surface area contributed by atoms with Gasteiger partial charge in [-0.05, 0) is 18.6 Å². The predicted octanol–water partition coefficient (Wildman–Crippen LogP) is 2.12. The van der Waals surface area contributed by atoms with Crippen molar-refractivity contribution >= 4 is 17.9 Å². The van der Waals surface area contributed by atoms with E-state index in [1.165, 1.54) is 7.05 Å². The summed E-state index contributed by atoms with van der Waals surface area (Å²) in [5.74, 6) is -0.824. The predicted molar refractivity (Wildman–Crippen MR) is 87.4 cm³/mol. The third-order valence-electron chi connectivity index (χ3n) is 4.04. The highest BCUT2D eigenvalue weighted by molar-refractivity contribution is 5.97. The lowest BCUT2D eigenvalue weighted by molar-refractivity contribution is -0.157. The molecule has 0 aliphatic heterocycles. The maximum Gasteiger partial charge on any atom is 0.321 e. The number of ether oxygens (including phenoxy) is 1. The Bertz CT molecular complexity index is 757. The van der Waals surface area contributed by atoms with Crippen molar-refractivity contribution in [2.75, 3.05) is 7.05 Å². The van der Waals surface area contributed by atoms with Crippen molar-refractivity contribution < 1.29 is 23.5 Å². The standard InChI is InChI=1S/C18H18N2O5/c1-19-18(23)20-16(21)15(11-6-3-2-4-7-11)25-17(22)13-10-12(13)14-8-5-9-24-14/h2-9,12-13,15H,10H2,1H3,(H2,19,20,21,23)/t12-,13-,15+/m0/s1. The van der Waals surface area contributed by atoms with Gasteiger partial charge in [0.1, 0.15) is 5.76 Å². The van der Waals surface area contributed by atoms with Gasteiger partial charge in [0, 0.05) is 18.5 Å². The fourth-order valence-corrected chi connectivity index (χ4v) is 2.62. The summed E-state index contributed by atoms with van der Waals surface area (Å²) in [6.45, 7) is 0. The Morgan fingerprint density at radius 2 is 1.92 bits per heavy atom. The van der Waals surface area contributed by atoms with E-state index in [1.807, 2.05) is 6.07 Å². The van der Waals surface area contributed by atoms with Crippen LogP contribution in [0.3, 0.4) is 0 Å². The number of imide groups is 1. The SMILES string of the molecule is CNC(=O)NC(=O)[C@H](OC(=O)[C@H]1C[C@@H]1c1ccco1)c1ccccc1. The minimum Gasteiger partial charge on any atom is -0.469 e. The second kappa shape index (κ2) is 7.21. The second-order valence-corrected chi connectivity index (χ2v) is 5.76. The Morgan fingerprint density at radius 1 is 1.16 bits per heavy atom. The van der Waals surface area contributed by atoms with Gasteiger partial charge in [-0.15, -0.1) is 0 Å². The van der Waals surface area contributed by atoms with Gasteiger partial charge < -0.3 is 14.5 Å². The molecule has 3 atom stereocenters. The third-order valence-corrected chi connectivity index (χ3v) is 4.04. The Hall–Kier alpha value is -3.09. The molecule has 2 aromatic rings. The Labute approximate surface area is 144 Å². The number of nitrogens with one attached hydrogen (secondary N) is 2. The topological polar surface area (TPSA) is 97.6 Å². The summed E-state index contributed by atoms with van der Waals surface area (Å²) in [6.07, 6.45) is 0.980. The van der Waals surface area contributed by atoms with Crippen LogP contribution in [0.15, 0.2) is 53.1 Å². The lowest BCUT2D eigenvalue weighted by Crippen LogP contribution is -2.41. The van der Waals surface area contributed by atoms with Crippen LogP contribution < -0.4 is 10.6 Å². The zero-order valence-electron chi connectivity index (χ0n) is 13.6. The van der Waals surface area contributed by atoms with Gasteiger partial charge in [0.25, 0.3) is 5.91 Å². The highest BCUT2D eigenvalue weighted by Gasteiger charge is 2.48. The lowest BCUT2D eigenvalue weighted by Gasteiger charge is -2.17. The molecule has 1 aliphatic rings. The number of carbonyl (C=O) groups is 3. The molecule has 1 aromatic carbocycles. The van der Waals surface area contributed by atoms with Gasteiger partial charge >= 0.3 is 12.0 Å². The maximum atomic E-state index is 12.4. The van der Waals surface area contributed by atoms with E-state index < -0.39 is 24.0 Å². The van der Waals surface area contributed by atoms with E-state index >= 15 is 0 Å². The van der Waals surface area contributed by atoms with E-state index in [-0.39, 0.29) is 11.8 Å². The minimum absolute atomic E-state index is 0.0269. The molecule has 1 heterocycles. The molecule has 1 saturated carbocycles. The van der Waals surface area contributed by atoms with Gasteiger partial charge in [0.2, 0.25) is 6.10 Å². The Balaban J connectivity index is 1.71. The molecule has 1 fully saturated rings. The zero-order valence-corrected chi connectivity index (χ0v) is 13.6. The summed E-state index contributed by atoms with van der Waals surface area (Å²) in [4.78, 5) is 36.1. The number of esters is 1. The molecule has 130 valence electrons. The van der Waals surface area contributed by atoms with Gasteiger partial charge in [-0.3, -0.25) is 14.9 Å². The number of furan rings is 1. The number of rotatable bonds is 5. The first-order valence-electron chi connectivity index (χ1n) is 7.91. The van der Waals surface area contributed by atoms with Crippen molar-refractivity contribution in [3.63, 3.8) is 0 Å². The third kappa shape index (κ3) is 3.88. The van der Waals surface area contributed by atoms with Crippen molar-refractivity contribution in [3.05, 3.63) is 60.1 Å². The van der Waals surface area contributed by atoms with E-state index in [0.29, 0.717) is 12.0 Å². The second-order valence-electron chi connectivity index (χ2n) is 5.76. The largest absolute Gasteiger partial charge is 0.469 e. The van der Waals surface area contributed by atoms with Crippen LogP contribution in [-0.4, -0.2) is 25.0 Å². The number of urea groups is 1. The molecule has 0 saturated heterocycles. The molecule has 7 nitrogen and oxygen atoms in total. The average molecular weight is 342 g/mol. The van der Waals surface area contributed by atoms with Crippen molar-refractivity contribution in [1.82, 2.24) is 10.6 Å². The summed E-state index contributed by atoms with van der Waals surface area (Å²) in [5, 5.41) is 4.44. The lowest BCUT2D eigenvalue weighted by atomic mass is 10.1. The zero-order chi connectivity index (χ0) is 17.8. The van der Waals surface area contributed by atoms with Gasteiger partial charge in [0.05, 0.1) is 12.2 Å². The van der Waals surface area contributed by atoms with E-state index in [0.717, 1.165) is 5.76 Å². The molecule has 0 radical (unpaired) electrons. The van der Waals surface area contributed by atoms with Crippen LogP contribution in [0.25, 0.3) is 0 Å². The fraction of sp³-hybridized carbons (Fsp3) is 0.278. The first-order chi connectivity index (χ1) is 12.1. The number of carbonyl (C=O) groups excluding carboxylic acids is 3. The summed E-state index contributed by atoms with van der Waals surface area (Å²) in [5.41, 5.74) is 0.493.